The molecule has 8 heteroatoms. The molecular formula is C21H11NO7. The number of fused-ring (bicyclic) bond motifs is 6. The lowest BCUT2D eigenvalue weighted by Crippen LogP contribution is -2.33. The van der Waals surface area contributed by atoms with Crippen molar-refractivity contribution in [2.75, 3.05) is 0 Å². The molecule has 0 saturated heterocycles. The molecule has 1 spiro atoms. The first kappa shape index (κ1) is 16.9. The van der Waals surface area contributed by atoms with E-state index in [0.29, 0.717) is 16.7 Å². The lowest BCUT2D eigenvalue weighted by Gasteiger charge is -2.36. The van der Waals surface area contributed by atoms with Gasteiger partial charge in [0.15, 0.2) is 5.60 Å². The third kappa shape index (κ3) is 2.19. The summed E-state index contributed by atoms with van der Waals surface area (Å²) in [5, 5.41) is 22.2. The zero-order chi connectivity index (χ0) is 20.3. The second-order valence-corrected chi connectivity index (χ2v) is 6.69. The largest absolute Gasteiger partial charge is 0.508 e. The van der Waals surface area contributed by atoms with Crippen molar-refractivity contribution in [1.82, 2.24) is 0 Å². The van der Waals surface area contributed by atoms with Crippen LogP contribution in [0.2, 0.25) is 0 Å². The topological polar surface area (TPSA) is 122 Å². The van der Waals surface area contributed by atoms with Crippen LogP contribution in [0.1, 0.15) is 37.4 Å². The predicted molar refractivity (Wildman–Crippen MR) is 98.2 cm³/mol. The van der Waals surface area contributed by atoms with Crippen molar-refractivity contribution < 1.29 is 29.3 Å². The average Bonchev–Trinajstić information content (AvgIpc) is 2.99. The third-order valence-electron chi connectivity index (χ3n) is 5.10. The van der Waals surface area contributed by atoms with Crippen LogP contribution >= 0.6 is 0 Å². The first-order valence-electron chi connectivity index (χ1n) is 8.54. The minimum atomic E-state index is -1.49. The minimum absolute atomic E-state index is 0.00331. The Balaban J connectivity index is 1.88. The van der Waals surface area contributed by atoms with Crippen LogP contribution in [0.15, 0.2) is 59.8 Å². The molecule has 0 fully saturated rings. The first-order valence-corrected chi connectivity index (χ1v) is 8.54. The second kappa shape index (κ2) is 5.65. The van der Waals surface area contributed by atoms with E-state index in [0.717, 1.165) is 0 Å². The van der Waals surface area contributed by atoms with Crippen molar-refractivity contribution in [3.63, 3.8) is 0 Å². The summed E-state index contributed by atoms with van der Waals surface area (Å²) in [5.41, 5.74) is -0.0979. The Hall–Kier alpha value is -4.20. The van der Waals surface area contributed by atoms with E-state index in [1.807, 2.05) is 0 Å². The van der Waals surface area contributed by atoms with E-state index in [9.17, 15) is 24.7 Å². The van der Waals surface area contributed by atoms with Gasteiger partial charge >= 0.3 is 11.9 Å². The normalized spacial score (nSPS) is 15.0. The third-order valence-corrected chi connectivity index (χ3v) is 5.10. The van der Waals surface area contributed by atoms with Crippen molar-refractivity contribution in [1.29, 1.82) is 0 Å². The van der Waals surface area contributed by atoms with E-state index < -0.39 is 17.5 Å². The molecule has 2 heterocycles. The van der Waals surface area contributed by atoms with Crippen LogP contribution in [0.4, 0.5) is 0 Å². The molecule has 2 aliphatic rings. The second-order valence-electron chi connectivity index (χ2n) is 6.69. The Morgan fingerprint density at radius 2 is 1.48 bits per heavy atom. The van der Waals surface area contributed by atoms with Crippen LogP contribution in [0, 0.1) is 4.91 Å². The number of rotatable bonds is 1. The maximum absolute atomic E-state index is 12.7. The minimum Gasteiger partial charge on any atom is -0.508 e. The quantitative estimate of drug-likeness (QED) is 0.482. The highest BCUT2D eigenvalue weighted by Crippen LogP contribution is 2.57. The van der Waals surface area contributed by atoms with Crippen LogP contribution in [-0.2, 0) is 10.3 Å². The van der Waals surface area contributed by atoms with Crippen molar-refractivity contribution in [3.05, 3.63) is 87.3 Å². The molecule has 29 heavy (non-hydrogen) atoms. The monoisotopic (exact) mass is 389 g/mol. The van der Waals surface area contributed by atoms with Gasteiger partial charge in [0.25, 0.3) is 0 Å². The summed E-state index contributed by atoms with van der Waals surface area (Å²) in [6, 6.07) is 12.8. The van der Waals surface area contributed by atoms with Crippen LogP contribution in [0.25, 0.3) is 0 Å². The van der Waals surface area contributed by atoms with E-state index in [4.69, 9.17) is 9.47 Å². The molecule has 0 saturated carbocycles. The number of hydrogen-bond donors (Lipinski definition) is 2. The highest BCUT2D eigenvalue weighted by atomic mass is 16.6. The Bertz CT molecular complexity index is 1200. The van der Waals surface area contributed by atoms with Gasteiger partial charge < -0.3 is 19.7 Å². The molecule has 5 rings (SSSR count). The molecule has 0 aromatic heterocycles. The number of ether oxygens (including phenoxy) is 2. The Morgan fingerprint density at radius 1 is 0.862 bits per heavy atom. The summed E-state index contributed by atoms with van der Waals surface area (Å²) in [5.74, 6) is -1.31. The molecule has 3 aromatic carbocycles. The molecular weight excluding hydrogens is 378 g/mol. The van der Waals surface area contributed by atoms with E-state index in [1.54, 1.807) is 12.1 Å². The molecule has 0 bridgehead atoms. The molecule has 2 N–H and O–H groups in total. The van der Waals surface area contributed by atoms with E-state index >= 15 is 0 Å². The Labute approximate surface area is 162 Å². The van der Waals surface area contributed by atoms with Crippen molar-refractivity contribution in [2.24, 2.45) is 5.18 Å². The summed E-state index contributed by atoms with van der Waals surface area (Å²) in [4.78, 5) is 35.3. The number of amides is 1. The number of carbonyl (C=O) groups excluding carboxylic acids is 2. The maximum Gasteiger partial charge on any atom is 0.340 e. The van der Waals surface area contributed by atoms with Gasteiger partial charge in [0.1, 0.15) is 23.0 Å². The first-order chi connectivity index (χ1) is 13.9. The number of benzene rings is 3. The fourth-order valence-corrected chi connectivity index (χ4v) is 3.88. The molecule has 1 amide bonds. The molecule has 3 aromatic rings. The molecule has 0 unspecified atom stereocenters. The molecule has 0 aliphatic carbocycles. The number of phenols is 2. The number of esters is 1. The van der Waals surface area contributed by atoms with E-state index in [1.165, 1.54) is 42.5 Å². The highest BCUT2D eigenvalue weighted by molar-refractivity contribution is 6.00. The maximum atomic E-state index is 12.7. The fraction of sp³-hybridized carbons (Fsp3) is 0.0476. The predicted octanol–water partition coefficient (Wildman–Crippen LogP) is 3.57. The average molecular weight is 389 g/mol. The van der Waals surface area contributed by atoms with Crippen LogP contribution < -0.4 is 4.74 Å². The van der Waals surface area contributed by atoms with Gasteiger partial charge in [-0.3, -0.25) is 4.79 Å². The van der Waals surface area contributed by atoms with Crippen molar-refractivity contribution in [3.8, 4) is 23.0 Å². The fourth-order valence-electron chi connectivity index (χ4n) is 3.88. The van der Waals surface area contributed by atoms with E-state index in [-0.39, 0.29) is 34.1 Å². The number of aromatic hydroxyl groups is 2. The lowest BCUT2D eigenvalue weighted by atomic mass is 9.77. The highest BCUT2D eigenvalue weighted by Gasteiger charge is 2.53. The molecule has 0 radical (unpaired) electrons. The van der Waals surface area contributed by atoms with Crippen molar-refractivity contribution in [2.45, 2.75) is 5.60 Å². The Kier molecular flexibility index (Phi) is 3.30. The number of nitroso groups, excluding NO2 is 1. The Morgan fingerprint density at radius 3 is 2.07 bits per heavy atom. The van der Waals surface area contributed by atoms with Gasteiger partial charge in [0.2, 0.25) is 0 Å². The standard InChI is InChI=1S/C21H11NO7/c23-11-2-5-14-17(8-11)28-18-9-12(24)3-6-15(18)21(14)16-7-10(19(25)22-27)1-4-13(16)20(26)29-21/h1-9,23-24H. The van der Waals surface area contributed by atoms with Gasteiger partial charge in [-0.2, -0.15) is 0 Å². The smallest absolute Gasteiger partial charge is 0.340 e. The van der Waals surface area contributed by atoms with Crippen LogP contribution in [0.3, 0.4) is 0 Å². The molecule has 8 nitrogen and oxygen atoms in total. The SMILES string of the molecule is O=NC(=O)c1ccc2c(c1)C1(OC2=O)c2ccc(O)cc2Oc2cc(O)ccc21. The van der Waals surface area contributed by atoms with Gasteiger partial charge in [-0.15, -0.1) is 4.91 Å². The van der Waals surface area contributed by atoms with E-state index in [2.05, 4.69) is 5.18 Å². The lowest BCUT2D eigenvalue weighted by molar-refractivity contribution is 0.0224. The van der Waals surface area contributed by atoms with Gasteiger partial charge in [-0.25, -0.2) is 4.79 Å². The zero-order valence-corrected chi connectivity index (χ0v) is 14.6. The number of hydrogen-bond acceptors (Lipinski definition) is 7. The van der Waals surface area contributed by atoms with Crippen molar-refractivity contribution >= 4 is 11.9 Å². The summed E-state index contributed by atoms with van der Waals surface area (Å²) in [6.07, 6.45) is 0. The number of nitrogens with zero attached hydrogens (tertiary/aromatic N) is 1. The summed E-state index contributed by atoms with van der Waals surface area (Å²) in [6.45, 7) is 0. The summed E-state index contributed by atoms with van der Waals surface area (Å²) < 4.78 is 11.7. The van der Waals surface area contributed by atoms with Crippen LogP contribution in [0.5, 0.6) is 23.0 Å². The van der Waals surface area contributed by atoms with Gasteiger partial charge in [-0.05, 0) is 42.5 Å². The molecule has 2 aliphatic heterocycles. The molecule has 142 valence electrons. The molecule has 0 atom stereocenters. The summed E-state index contributed by atoms with van der Waals surface area (Å²) >= 11 is 0. The number of carbonyl (C=O) groups is 2. The van der Waals surface area contributed by atoms with Crippen LogP contribution in [-0.4, -0.2) is 22.1 Å². The van der Waals surface area contributed by atoms with Gasteiger partial charge in [0, 0.05) is 39.6 Å². The zero-order valence-electron chi connectivity index (χ0n) is 14.6. The number of phenolic OH excluding ortho intramolecular Hbond substituents is 2. The summed E-state index contributed by atoms with van der Waals surface area (Å²) in [7, 11) is 0. The van der Waals surface area contributed by atoms with Gasteiger partial charge in [0.05, 0.1) is 5.56 Å². The van der Waals surface area contributed by atoms with Gasteiger partial charge in [-0.1, -0.05) is 0 Å².